The largest absolute Gasteiger partial charge is 0.478 e. The van der Waals surface area contributed by atoms with E-state index in [1.165, 1.54) is 18.9 Å². The molecule has 0 aromatic heterocycles. The van der Waals surface area contributed by atoms with Crippen LogP contribution in [0.25, 0.3) is 0 Å². The average molecular weight is 254 g/mol. The van der Waals surface area contributed by atoms with Crippen LogP contribution in [0.2, 0.25) is 0 Å². The van der Waals surface area contributed by atoms with Gasteiger partial charge in [-0.25, -0.2) is 9.59 Å². The van der Waals surface area contributed by atoms with Crippen molar-refractivity contribution < 1.29 is 14.7 Å². The van der Waals surface area contributed by atoms with Gasteiger partial charge in [0.05, 0.1) is 0 Å². The minimum absolute atomic E-state index is 0.219. The quantitative estimate of drug-likeness (QED) is 0.529. The molecule has 0 aromatic carbocycles. The van der Waals surface area contributed by atoms with E-state index in [1.54, 1.807) is 0 Å². The second-order valence-electron chi connectivity index (χ2n) is 4.82. The van der Waals surface area contributed by atoms with E-state index in [-0.39, 0.29) is 18.6 Å². The van der Waals surface area contributed by atoms with Crippen LogP contribution in [0.1, 0.15) is 39.0 Å². The zero-order valence-electron chi connectivity index (χ0n) is 10.8. The third-order valence-electron chi connectivity index (χ3n) is 3.32. The van der Waals surface area contributed by atoms with Crippen molar-refractivity contribution >= 4 is 12.0 Å². The van der Waals surface area contributed by atoms with Gasteiger partial charge in [-0.1, -0.05) is 32.3 Å². The van der Waals surface area contributed by atoms with E-state index in [1.807, 2.05) is 0 Å². The summed E-state index contributed by atoms with van der Waals surface area (Å²) in [6.45, 7) is 2.40. The summed E-state index contributed by atoms with van der Waals surface area (Å²) >= 11 is 0. The molecule has 0 aliphatic heterocycles. The fraction of sp³-hybridized carbons (Fsp3) is 0.692. The molecule has 5 heteroatoms. The van der Waals surface area contributed by atoms with Crippen molar-refractivity contribution in [2.45, 2.75) is 45.1 Å². The molecule has 1 aliphatic carbocycles. The molecule has 1 saturated carbocycles. The number of carbonyl (C=O) groups is 2. The molecule has 0 radical (unpaired) electrons. The lowest BCUT2D eigenvalue weighted by Gasteiger charge is -2.22. The van der Waals surface area contributed by atoms with Gasteiger partial charge in [0.2, 0.25) is 0 Å². The molecular weight excluding hydrogens is 232 g/mol. The molecule has 2 unspecified atom stereocenters. The molecule has 3 N–H and O–H groups in total. The summed E-state index contributed by atoms with van der Waals surface area (Å²) < 4.78 is 0. The van der Waals surface area contributed by atoms with Gasteiger partial charge in [-0.3, -0.25) is 0 Å². The van der Waals surface area contributed by atoms with E-state index in [0.717, 1.165) is 25.3 Å². The Kier molecular flexibility index (Phi) is 6.25. The van der Waals surface area contributed by atoms with Crippen molar-refractivity contribution in [2.75, 3.05) is 6.54 Å². The van der Waals surface area contributed by atoms with Crippen LogP contribution in [-0.2, 0) is 4.79 Å². The molecule has 0 heterocycles. The number of nitrogens with one attached hydrogen (secondary N) is 2. The topological polar surface area (TPSA) is 78.4 Å². The Bertz CT molecular complexity index is 315. The summed E-state index contributed by atoms with van der Waals surface area (Å²) in [6.07, 6.45) is 8.26. The molecule has 0 spiro atoms. The number of aliphatic carboxylic acids is 1. The first-order valence-electron chi connectivity index (χ1n) is 6.53. The second kappa shape index (κ2) is 7.74. The molecule has 2 amide bonds. The normalized spacial score (nSPS) is 24.5. The van der Waals surface area contributed by atoms with Gasteiger partial charge in [0.25, 0.3) is 0 Å². The zero-order valence-corrected chi connectivity index (χ0v) is 10.8. The Balaban J connectivity index is 2.27. The van der Waals surface area contributed by atoms with Crippen LogP contribution in [0, 0.1) is 5.92 Å². The maximum Gasteiger partial charge on any atom is 0.328 e. The van der Waals surface area contributed by atoms with Crippen molar-refractivity contribution in [3.8, 4) is 0 Å². The first-order valence-corrected chi connectivity index (χ1v) is 6.53. The highest BCUT2D eigenvalue weighted by Gasteiger charge is 2.21. The standard InChI is InChI=1S/C13H22N2O3/c1-10-6-3-2-4-7-11(10)15-13(18)14-9-5-8-12(16)17/h5,8,10-11H,2-4,6-7,9H2,1H3,(H,16,17)(H2,14,15,18)/b8-5+. The number of carbonyl (C=O) groups excluding carboxylic acids is 1. The third-order valence-corrected chi connectivity index (χ3v) is 3.32. The van der Waals surface area contributed by atoms with Gasteiger partial charge in [-0.05, 0) is 18.8 Å². The van der Waals surface area contributed by atoms with E-state index < -0.39 is 5.97 Å². The number of urea groups is 1. The number of hydrogen-bond donors (Lipinski definition) is 3. The summed E-state index contributed by atoms with van der Waals surface area (Å²) in [5.74, 6) is -0.498. The molecule has 0 aromatic rings. The molecule has 1 aliphatic rings. The number of amides is 2. The van der Waals surface area contributed by atoms with Gasteiger partial charge in [-0.15, -0.1) is 0 Å². The minimum Gasteiger partial charge on any atom is -0.478 e. The van der Waals surface area contributed by atoms with Gasteiger partial charge in [-0.2, -0.15) is 0 Å². The summed E-state index contributed by atoms with van der Waals surface area (Å²) in [5.41, 5.74) is 0. The lowest BCUT2D eigenvalue weighted by Crippen LogP contribution is -2.44. The van der Waals surface area contributed by atoms with E-state index in [9.17, 15) is 9.59 Å². The number of hydrogen-bond acceptors (Lipinski definition) is 2. The van der Waals surface area contributed by atoms with Gasteiger partial charge in [0, 0.05) is 18.7 Å². The molecule has 1 fully saturated rings. The van der Waals surface area contributed by atoms with Crippen LogP contribution in [0.5, 0.6) is 0 Å². The molecular formula is C13H22N2O3. The molecule has 5 nitrogen and oxygen atoms in total. The predicted molar refractivity (Wildman–Crippen MR) is 69.3 cm³/mol. The van der Waals surface area contributed by atoms with Gasteiger partial charge >= 0.3 is 12.0 Å². The maximum atomic E-state index is 11.6. The van der Waals surface area contributed by atoms with Gasteiger partial charge in [0.15, 0.2) is 0 Å². The van der Waals surface area contributed by atoms with E-state index >= 15 is 0 Å². The Morgan fingerprint density at radius 3 is 2.72 bits per heavy atom. The van der Waals surface area contributed by atoms with Crippen molar-refractivity contribution in [1.29, 1.82) is 0 Å². The Morgan fingerprint density at radius 2 is 2.00 bits per heavy atom. The highest BCUT2D eigenvalue weighted by atomic mass is 16.4. The van der Waals surface area contributed by atoms with E-state index in [0.29, 0.717) is 5.92 Å². The Morgan fingerprint density at radius 1 is 1.28 bits per heavy atom. The van der Waals surface area contributed by atoms with E-state index in [4.69, 9.17) is 5.11 Å². The fourth-order valence-corrected chi connectivity index (χ4v) is 2.24. The fourth-order valence-electron chi connectivity index (χ4n) is 2.24. The van der Waals surface area contributed by atoms with Crippen LogP contribution < -0.4 is 10.6 Å². The zero-order chi connectivity index (χ0) is 13.4. The molecule has 102 valence electrons. The van der Waals surface area contributed by atoms with Crippen molar-refractivity contribution in [1.82, 2.24) is 10.6 Å². The maximum absolute atomic E-state index is 11.6. The average Bonchev–Trinajstić information content (AvgIpc) is 2.50. The SMILES string of the molecule is CC1CCCCCC1NC(=O)NC/C=C/C(=O)O. The van der Waals surface area contributed by atoms with E-state index in [2.05, 4.69) is 17.6 Å². The molecule has 2 atom stereocenters. The first-order chi connectivity index (χ1) is 8.59. The lowest BCUT2D eigenvalue weighted by atomic mass is 9.97. The highest BCUT2D eigenvalue weighted by molar-refractivity contribution is 5.80. The molecule has 0 bridgehead atoms. The van der Waals surface area contributed by atoms with Crippen LogP contribution in [-0.4, -0.2) is 29.7 Å². The summed E-state index contributed by atoms with van der Waals surface area (Å²) in [6, 6.07) is 0.0137. The van der Waals surface area contributed by atoms with Crippen molar-refractivity contribution in [3.05, 3.63) is 12.2 Å². The molecule has 1 rings (SSSR count). The van der Waals surface area contributed by atoms with Crippen molar-refractivity contribution in [2.24, 2.45) is 5.92 Å². The van der Waals surface area contributed by atoms with Crippen LogP contribution in [0.4, 0.5) is 4.79 Å². The third kappa shape index (κ3) is 5.70. The van der Waals surface area contributed by atoms with Gasteiger partial charge in [0.1, 0.15) is 0 Å². The summed E-state index contributed by atoms with van der Waals surface area (Å²) in [5, 5.41) is 14.0. The van der Waals surface area contributed by atoms with Crippen molar-refractivity contribution in [3.63, 3.8) is 0 Å². The van der Waals surface area contributed by atoms with Crippen LogP contribution in [0.15, 0.2) is 12.2 Å². The predicted octanol–water partition coefficient (Wildman–Crippen LogP) is 1.90. The summed E-state index contributed by atoms with van der Waals surface area (Å²) in [4.78, 5) is 21.8. The second-order valence-corrected chi connectivity index (χ2v) is 4.82. The number of rotatable bonds is 4. The Hall–Kier alpha value is -1.52. The smallest absolute Gasteiger partial charge is 0.328 e. The lowest BCUT2D eigenvalue weighted by molar-refractivity contribution is -0.131. The van der Waals surface area contributed by atoms with Crippen LogP contribution >= 0.6 is 0 Å². The number of carboxylic acid groups (broad SMARTS) is 1. The first kappa shape index (κ1) is 14.5. The summed E-state index contributed by atoms with van der Waals surface area (Å²) in [7, 11) is 0. The number of carboxylic acids is 1. The van der Waals surface area contributed by atoms with Gasteiger partial charge < -0.3 is 15.7 Å². The Labute approximate surface area is 108 Å². The van der Waals surface area contributed by atoms with Crippen LogP contribution in [0.3, 0.4) is 0 Å². The minimum atomic E-state index is -1.01. The highest BCUT2D eigenvalue weighted by Crippen LogP contribution is 2.22. The molecule has 0 saturated heterocycles. The monoisotopic (exact) mass is 254 g/mol. The molecule has 18 heavy (non-hydrogen) atoms.